The molecule has 0 saturated heterocycles. The highest BCUT2D eigenvalue weighted by Crippen LogP contribution is 2.31. The molecule has 0 spiro atoms. The van der Waals surface area contributed by atoms with Crippen LogP contribution < -0.4 is 11.5 Å². The van der Waals surface area contributed by atoms with Crippen molar-refractivity contribution in [2.24, 2.45) is 0 Å². The van der Waals surface area contributed by atoms with Gasteiger partial charge in [0.05, 0.1) is 29.8 Å². The van der Waals surface area contributed by atoms with Crippen molar-refractivity contribution >= 4 is 83.6 Å². The van der Waals surface area contributed by atoms with E-state index in [9.17, 15) is 9.59 Å². The Kier molecular flexibility index (Phi) is 11.1. The number of nitrogens with one attached hydrogen (secondary N) is 3. The molecule has 2 amide bonds. The number of benzene rings is 2. The van der Waals surface area contributed by atoms with Gasteiger partial charge < -0.3 is 40.7 Å². The van der Waals surface area contributed by atoms with Crippen LogP contribution >= 0.6 is 15.9 Å². The molecule has 0 bridgehead atoms. The van der Waals surface area contributed by atoms with E-state index in [0.717, 1.165) is 48.6 Å². The normalized spacial score (nSPS) is 11.9. The number of ether oxygens (including phenoxy) is 2. The summed E-state index contributed by atoms with van der Waals surface area (Å²) in [5.74, 6) is 2.00. The number of nitrogens with two attached hydrogens (primary N) is 2. The number of H-pyrrole nitrogens is 3. The maximum absolute atomic E-state index is 12.5. The van der Waals surface area contributed by atoms with E-state index in [4.69, 9.17) is 25.9 Å². The number of fused-ring (bicyclic) bond motifs is 6. The molecule has 0 unspecified atom stereocenters. The highest BCUT2D eigenvalue weighted by Gasteiger charge is 2.24. The highest BCUT2D eigenvalue weighted by molar-refractivity contribution is 9.10. The topological polar surface area (TPSA) is 223 Å². The number of nitrogens with zero attached hydrogens (tertiary/aromatic N) is 7. The molecule has 7 aromatic rings. The standard InChI is InChI=1S/C21H25N7O2.C18H22BrN5O2/c1-5-28(20(29)30-21(2,3)4)11-16-25-17-13-7-6-12(14-8-9-23-27-14)10-15(13)24-19(22)18(17)26-16;1-5-24(17(25)26-18(2,3)4)9-13-22-14-11-7-6-10(19)8-12(11)21-16(20)15(14)23-13/h6-10H,5,11H2,1-4H3,(H2,22,24)(H,23,27)(H,25,26);6-8H,5,9H2,1-4H3,(H2,20,21)(H,22,23). The molecule has 17 heteroatoms. The van der Waals surface area contributed by atoms with Crippen molar-refractivity contribution in [2.75, 3.05) is 24.6 Å². The number of imidazole rings is 2. The van der Waals surface area contributed by atoms with Gasteiger partial charge in [-0.05, 0) is 91.8 Å². The van der Waals surface area contributed by atoms with Crippen LogP contribution in [-0.4, -0.2) is 86.4 Å². The predicted octanol–water partition coefficient (Wildman–Crippen LogP) is 8.05. The molecule has 0 aliphatic rings. The zero-order valence-corrected chi connectivity index (χ0v) is 34.3. The Morgan fingerprint density at radius 2 is 1.20 bits per heavy atom. The molecule has 0 aliphatic carbocycles. The number of aromatic nitrogens is 8. The molecular formula is C39H47BrN12O4. The van der Waals surface area contributed by atoms with E-state index in [1.165, 1.54) is 0 Å². The number of aromatic amines is 3. The number of carbonyl (C=O) groups excluding carboxylic acids is 2. The first kappa shape index (κ1) is 39.7. The fourth-order valence-corrected chi connectivity index (χ4v) is 6.31. The summed E-state index contributed by atoms with van der Waals surface area (Å²) in [7, 11) is 0. The first-order valence-corrected chi connectivity index (χ1v) is 19.0. The van der Waals surface area contributed by atoms with Crippen LogP contribution in [0, 0.1) is 0 Å². The summed E-state index contributed by atoms with van der Waals surface area (Å²) in [4.78, 5) is 52.7. The van der Waals surface area contributed by atoms with E-state index in [2.05, 4.69) is 51.0 Å². The predicted molar refractivity (Wildman–Crippen MR) is 222 cm³/mol. The average molecular weight is 828 g/mol. The minimum Gasteiger partial charge on any atom is -0.444 e. The van der Waals surface area contributed by atoms with Gasteiger partial charge in [0.1, 0.15) is 56.6 Å². The molecule has 7 N–H and O–H groups in total. The summed E-state index contributed by atoms with van der Waals surface area (Å²) in [5.41, 5.74) is 17.4. The largest absolute Gasteiger partial charge is 0.444 e. The fraction of sp³-hybridized carbons (Fsp3) is 0.359. The second kappa shape index (κ2) is 15.6. The minimum absolute atomic E-state index is 0.285. The van der Waals surface area contributed by atoms with Gasteiger partial charge in [-0.3, -0.25) is 5.10 Å². The molecular weight excluding hydrogens is 780 g/mol. The van der Waals surface area contributed by atoms with E-state index in [1.807, 2.05) is 97.9 Å². The van der Waals surface area contributed by atoms with Crippen LogP contribution in [0.15, 0.2) is 53.1 Å². The van der Waals surface area contributed by atoms with Crippen molar-refractivity contribution in [1.29, 1.82) is 0 Å². The van der Waals surface area contributed by atoms with Crippen LogP contribution in [0.1, 0.15) is 67.0 Å². The van der Waals surface area contributed by atoms with Gasteiger partial charge in [-0.2, -0.15) is 5.10 Å². The van der Waals surface area contributed by atoms with Gasteiger partial charge in [0, 0.05) is 40.1 Å². The van der Waals surface area contributed by atoms with Crippen LogP contribution in [0.25, 0.3) is 55.1 Å². The SMILES string of the molecule is CCN(Cc1nc2c([nH]1)c(N)nc1cc(-c3ccn[nH]3)ccc12)C(=O)OC(C)(C)C.CCN(Cc1nc2c([nH]1)c(N)nc1cc(Br)ccc12)C(=O)OC(C)(C)C. The Morgan fingerprint density at radius 3 is 1.64 bits per heavy atom. The van der Waals surface area contributed by atoms with Gasteiger partial charge >= 0.3 is 12.2 Å². The summed E-state index contributed by atoms with van der Waals surface area (Å²) in [6.45, 7) is 16.4. The van der Waals surface area contributed by atoms with Crippen molar-refractivity contribution in [3.63, 3.8) is 0 Å². The number of anilines is 2. The number of hydrogen-bond donors (Lipinski definition) is 5. The van der Waals surface area contributed by atoms with Crippen molar-refractivity contribution in [3.05, 3.63) is 64.8 Å². The van der Waals surface area contributed by atoms with Crippen LogP contribution in [0.4, 0.5) is 21.2 Å². The smallest absolute Gasteiger partial charge is 0.410 e. The molecule has 56 heavy (non-hydrogen) atoms. The second-order valence-corrected chi connectivity index (χ2v) is 16.1. The third-order valence-corrected chi connectivity index (χ3v) is 9.02. The second-order valence-electron chi connectivity index (χ2n) is 15.2. The number of amides is 2. The molecule has 16 nitrogen and oxygen atoms in total. The van der Waals surface area contributed by atoms with E-state index < -0.39 is 11.2 Å². The van der Waals surface area contributed by atoms with Crippen LogP contribution in [-0.2, 0) is 22.6 Å². The maximum atomic E-state index is 12.5. The zero-order valence-electron chi connectivity index (χ0n) is 32.7. The average Bonchev–Trinajstić information content (AvgIpc) is 3.89. The molecule has 0 fully saturated rings. The Labute approximate surface area is 331 Å². The fourth-order valence-electron chi connectivity index (χ4n) is 5.96. The molecule has 0 atom stereocenters. The number of carbonyl (C=O) groups is 2. The summed E-state index contributed by atoms with van der Waals surface area (Å²) in [6.07, 6.45) is 0.945. The van der Waals surface area contributed by atoms with Gasteiger partial charge in [0.25, 0.3) is 0 Å². The first-order chi connectivity index (χ1) is 26.4. The summed E-state index contributed by atoms with van der Waals surface area (Å²) in [6, 6.07) is 13.6. The van der Waals surface area contributed by atoms with Crippen molar-refractivity contribution in [1.82, 2.24) is 49.9 Å². The highest BCUT2D eigenvalue weighted by atomic mass is 79.9. The van der Waals surface area contributed by atoms with E-state index in [1.54, 1.807) is 16.0 Å². The maximum Gasteiger partial charge on any atom is 0.410 e. The first-order valence-electron chi connectivity index (χ1n) is 18.2. The number of halogens is 1. The monoisotopic (exact) mass is 826 g/mol. The molecule has 294 valence electrons. The molecule has 5 aromatic heterocycles. The Hall–Kier alpha value is -5.97. The lowest BCUT2D eigenvalue weighted by molar-refractivity contribution is 0.0230. The van der Waals surface area contributed by atoms with Gasteiger partial charge in [0.2, 0.25) is 0 Å². The van der Waals surface area contributed by atoms with Crippen molar-refractivity contribution in [2.45, 2.75) is 79.7 Å². The van der Waals surface area contributed by atoms with E-state index in [-0.39, 0.29) is 18.7 Å². The van der Waals surface area contributed by atoms with Crippen molar-refractivity contribution in [3.8, 4) is 11.3 Å². The Balaban J connectivity index is 0.000000192. The zero-order chi connectivity index (χ0) is 40.5. The molecule has 7 rings (SSSR count). The third-order valence-electron chi connectivity index (χ3n) is 8.53. The van der Waals surface area contributed by atoms with Gasteiger partial charge in [-0.15, -0.1) is 0 Å². The van der Waals surface area contributed by atoms with Crippen LogP contribution in [0.3, 0.4) is 0 Å². The number of pyridine rings is 2. The van der Waals surface area contributed by atoms with Gasteiger partial charge in [-0.25, -0.2) is 29.5 Å². The van der Waals surface area contributed by atoms with Gasteiger partial charge in [0.15, 0.2) is 0 Å². The number of nitrogen functional groups attached to an aromatic ring is 2. The van der Waals surface area contributed by atoms with Gasteiger partial charge in [-0.1, -0.05) is 22.0 Å². The number of rotatable bonds is 7. The summed E-state index contributed by atoms with van der Waals surface area (Å²) in [5, 5.41) is 8.72. The lowest BCUT2D eigenvalue weighted by atomic mass is 10.1. The summed E-state index contributed by atoms with van der Waals surface area (Å²) < 4.78 is 11.9. The third kappa shape index (κ3) is 8.94. The lowest BCUT2D eigenvalue weighted by Crippen LogP contribution is -2.36. The Morgan fingerprint density at radius 1 is 0.714 bits per heavy atom. The molecule has 2 aromatic carbocycles. The lowest BCUT2D eigenvalue weighted by Gasteiger charge is -2.25. The molecule has 0 saturated carbocycles. The van der Waals surface area contributed by atoms with Crippen LogP contribution in [0.5, 0.6) is 0 Å². The van der Waals surface area contributed by atoms with Crippen molar-refractivity contribution < 1.29 is 19.1 Å². The van der Waals surface area contributed by atoms with Crippen LogP contribution in [0.2, 0.25) is 0 Å². The Bertz CT molecular complexity index is 2530. The minimum atomic E-state index is -0.560. The van der Waals surface area contributed by atoms with E-state index in [0.29, 0.717) is 54.0 Å². The molecule has 0 aliphatic heterocycles. The molecule has 0 radical (unpaired) electrons. The quantitative estimate of drug-likeness (QED) is 0.103. The summed E-state index contributed by atoms with van der Waals surface area (Å²) >= 11 is 3.44. The molecule has 5 heterocycles. The number of hydrogen-bond acceptors (Lipinski definition) is 11. The van der Waals surface area contributed by atoms with E-state index >= 15 is 0 Å².